The van der Waals surface area contributed by atoms with E-state index >= 15 is 0 Å². The Morgan fingerprint density at radius 1 is 1.23 bits per heavy atom. The number of benzene rings is 1. The topological polar surface area (TPSA) is 53.7 Å². The van der Waals surface area contributed by atoms with Crippen molar-refractivity contribution in [3.05, 3.63) is 29.8 Å². The van der Waals surface area contributed by atoms with Crippen molar-refractivity contribution >= 4 is 19.5 Å². The first-order chi connectivity index (χ1) is 11.8. The van der Waals surface area contributed by atoms with E-state index in [9.17, 15) is 0 Å². The zero-order chi connectivity index (χ0) is 17.8. The fourth-order valence-electron chi connectivity index (χ4n) is 5.34. The number of hydrogen-bond acceptors (Lipinski definition) is 4. The van der Waals surface area contributed by atoms with Crippen LogP contribution in [-0.4, -0.2) is 31.9 Å². The van der Waals surface area contributed by atoms with Gasteiger partial charge in [-0.25, -0.2) is 0 Å². The first-order valence-corrected chi connectivity index (χ1v) is 9.56. The van der Waals surface area contributed by atoms with E-state index in [4.69, 9.17) is 19.8 Å². The first-order valence-electron chi connectivity index (χ1n) is 9.56. The summed E-state index contributed by atoms with van der Waals surface area (Å²) in [6.45, 7) is 7.01. The molecular weight excluding hydrogens is 348 g/mol. The Morgan fingerprint density at radius 2 is 1.92 bits per heavy atom. The summed E-state index contributed by atoms with van der Waals surface area (Å²) < 4.78 is 17.9. The third kappa shape index (κ3) is 3.07. The number of hydrogen-bond donors (Lipinski definition) is 1. The highest BCUT2D eigenvalue weighted by Crippen LogP contribution is 2.65. The Labute approximate surface area is 163 Å². The van der Waals surface area contributed by atoms with Gasteiger partial charge in [-0.2, -0.15) is 0 Å². The van der Waals surface area contributed by atoms with Crippen LogP contribution in [0.2, 0.25) is 0 Å². The van der Waals surface area contributed by atoms with Crippen LogP contribution in [0.1, 0.15) is 45.6 Å². The van der Waals surface area contributed by atoms with Crippen molar-refractivity contribution in [2.24, 2.45) is 23.0 Å². The zero-order valence-electron chi connectivity index (χ0n) is 16.2. The molecule has 1 saturated heterocycles. The average molecular weight is 380 g/mol. The number of aryl methyl sites for hydroxylation is 1. The number of methoxy groups -OCH3 is 1. The highest BCUT2D eigenvalue weighted by Gasteiger charge is 2.68. The van der Waals surface area contributed by atoms with E-state index in [1.165, 1.54) is 12.0 Å². The molecule has 4 fully saturated rings. The molecule has 5 atom stereocenters. The van der Waals surface area contributed by atoms with Crippen molar-refractivity contribution in [3.63, 3.8) is 0 Å². The fourth-order valence-corrected chi connectivity index (χ4v) is 5.34. The third-order valence-corrected chi connectivity index (χ3v) is 7.24. The lowest BCUT2D eigenvalue weighted by atomic mass is 9.43. The van der Waals surface area contributed by atoms with E-state index in [0.717, 1.165) is 30.9 Å². The normalized spacial score (nSPS) is 35.1. The van der Waals surface area contributed by atoms with Gasteiger partial charge in [0.25, 0.3) is 0 Å². The smallest absolute Gasteiger partial charge is 0.475 e. The monoisotopic (exact) mass is 379 g/mol. The Balaban J connectivity index is 0.00000196. The van der Waals surface area contributed by atoms with Crippen molar-refractivity contribution in [1.29, 1.82) is 0 Å². The standard InChI is InChI=1S/C20H30BNO3.ClH/c1-19(2)14-11-16(19)20(3)17(12-14)24-21(25-20)18(22)10-7-13-5-8-15(23-4)9-6-13;/h5-6,8-9,14,16-18H,7,10-12,22H2,1-4H3;1H/t14-,16-,17+,18-,20-;/m0./s1. The van der Waals surface area contributed by atoms with Gasteiger partial charge in [-0.1, -0.05) is 26.0 Å². The largest absolute Gasteiger partial charge is 0.497 e. The molecule has 0 radical (unpaired) electrons. The summed E-state index contributed by atoms with van der Waals surface area (Å²) >= 11 is 0. The molecule has 3 saturated carbocycles. The number of halogens is 1. The van der Waals surface area contributed by atoms with Crippen molar-refractivity contribution < 1.29 is 14.0 Å². The fraction of sp³-hybridized carbons (Fsp3) is 0.700. The van der Waals surface area contributed by atoms with Crippen LogP contribution in [0.3, 0.4) is 0 Å². The summed E-state index contributed by atoms with van der Waals surface area (Å²) in [5.74, 6) is 2.15. The molecule has 5 rings (SSSR count). The molecule has 26 heavy (non-hydrogen) atoms. The second-order valence-corrected chi connectivity index (χ2v) is 8.89. The maximum atomic E-state index is 6.46. The summed E-state index contributed by atoms with van der Waals surface area (Å²) in [4.78, 5) is 0. The quantitative estimate of drug-likeness (QED) is 0.794. The molecule has 0 unspecified atom stereocenters. The Bertz CT molecular complexity index is 640. The van der Waals surface area contributed by atoms with Gasteiger partial charge in [0.05, 0.1) is 18.8 Å². The summed E-state index contributed by atoms with van der Waals surface area (Å²) in [6.07, 6.45) is 4.38. The van der Waals surface area contributed by atoms with Gasteiger partial charge in [0.2, 0.25) is 0 Å². The summed E-state index contributed by atoms with van der Waals surface area (Å²) in [7, 11) is 1.41. The molecule has 2 bridgehead atoms. The molecule has 6 heteroatoms. The molecule has 4 nitrogen and oxygen atoms in total. The number of ether oxygens (including phenoxy) is 1. The van der Waals surface area contributed by atoms with Gasteiger partial charge in [-0.15, -0.1) is 12.4 Å². The van der Waals surface area contributed by atoms with Crippen molar-refractivity contribution in [2.75, 3.05) is 7.11 Å². The van der Waals surface area contributed by atoms with Gasteiger partial charge in [0.15, 0.2) is 0 Å². The molecule has 0 spiro atoms. The summed E-state index contributed by atoms with van der Waals surface area (Å²) in [5.41, 5.74) is 7.92. The molecule has 0 amide bonds. The van der Waals surface area contributed by atoms with E-state index in [1.54, 1.807) is 7.11 Å². The lowest BCUT2D eigenvalue weighted by Gasteiger charge is -2.64. The lowest BCUT2D eigenvalue weighted by molar-refractivity contribution is -0.199. The molecule has 1 heterocycles. The highest BCUT2D eigenvalue weighted by atomic mass is 35.5. The molecule has 4 aliphatic rings. The predicted molar refractivity (Wildman–Crippen MR) is 107 cm³/mol. The minimum absolute atomic E-state index is 0. The van der Waals surface area contributed by atoms with Crippen LogP contribution < -0.4 is 10.5 Å². The van der Waals surface area contributed by atoms with E-state index in [-0.39, 0.29) is 37.2 Å². The van der Waals surface area contributed by atoms with E-state index in [2.05, 4.69) is 32.9 Å². The van der Waals surface area contributed by atoms with Crippen molar-refractivity contribution in [3.8, 4) is 5.75 Å². The molecule has 0 aromatic heterocycles. The SMILES string of the molecule is COc1ccc(CC[C@H](N)B2O[C@@H]3C[C@@H]4C[C@@H](C4(C)C)[C@]3(C)O2)cc1.Cl. The minimum atomic E-state index is -0.275. The van der Waals surface area contributed by atoms with E-state index in [0.29, 0.717) is 11.3 Å². The second kappa shape index (κ2) is 7.01. The molecule has 1 aromatic carbocycles. The van der Waals surface area contributed by atoms with Crippen LogP contribution in [0, 0.1) is 17.3 Å². The van der Waals surface area contributed by atoms with Crippen molar-refractivity contribution in [2.45, 2.75) is 64.1 Å². The third-order valence-electron chi connectivity index (χ3n) is 7.24. The predicted octanol–water partition coefficient (Wildman–Crippen LogP) is 3.64. The van der Waals surface area contributed by atoms with Gasteiger partial charge in [-0.05, 0) is 67.6 Å². The number of nitrogens with two attached hydrogens (primary N) is 1. The van der Waals surface area contributed by atoms with Gasteiger partial charge >= 0.3 is 7.12 Å². The Hall–Kier alpha value is -0.745. The van der Waals surface area contributed by atoms with Crippen LogP contribution in [-0.2, 0) is 15.7 Å². The Morgan fingerprint density at radius 3 is 2.54 bits per heavy atom. The zero-order valence-corrected chi connectivity index (χ0v) is 17.1. The van der Waals surface area contributed by atoms with Gasteiger partial charge in [-0.3, -0.25) is 0 Å². The molecule has 1 aromatic rings. The molecule has 1 aliphatic heterocycles. The van der Waals surface area contributed by atoms with Crippen LogP contribution in [0.15, 0.2) is 24.3 Å². The average Bonchev–Trinajstić information content (AvgIpc) is 2.97. The van der Waals surface area contributed by atoms with E-state index < -0.39 is 0 Å². The van der Waals surface area contributed by atoms with Gasteiger partial charge < -0.3 is 19.8 Å². The van der Waals surface area contributed by atoms with Gasteiger partial charge in [0, 0.05) is 5.94 Å². The second-order valence-electron chi connectivity index (χ2n) is 8.89. The number of rotatable bonds is 5. The van der Waals surface area contributed by atoms with Crippen LogP contribution >= 0.6 is 12.4 Å². The molecule has 2 N–H and O–H groups in total. The minimum Gasteiger partial charge on any atom is -0.497 e. The summed E-state index contributed by atoms with van der Waals surface area (Å²) in [6, 6.07) is 8.18. The lowest BCUT2D eigenvalue weighted by Crippen LogP contribution is -2.65. The first kappa shape index (κ1) is 20.0. The van der Waals surface area contributed by atoms with E-state index in [1.807, 2.05) is 12.1 Å². The van der Waals surface area contributed by atoms with Crippen LogP contribution in [0.25, 0.3) is 0 Å². The maximum absolute atomic E-state index is 6.46. The maximum Gasteiger partial charge on any atom is 0.475 e. The van der Waals surface area contributed by atoms with Crippen molar-refractivity contribution in [1.82, 2.24) is 0 Å². The summed E-state index contributed by atoms with van der Waals surface area (Å²) in [5, 5.41) is 0. The van der Waals surface area contributed by atoms with Crippen LogP contribution in [0.4, 0.5) is 0 Å². The Kier molecular flexibility index (Phi) is 5.39. The molecular formula is C20H31BClNO3. The molecule has 3 aliphatic carbocycles. The van der Waals surface area contributed by atoms with Crippen LogP contribution in [0.5, 0.6) is 5.75 Å². The highest BCUT2D eigenvalue weighted by molar-refractivity contribution is 6.47. The molecule has 144 valence electrons. The van der Waals surface area contributed by atoms with Gasteiger partial charge in [0.1, 0.15) is 5.75 Å².